The fourth-order valence-electron chi connectivity index (χ4n) is 7.89. The highest BCUT2D eigenvalue weighted by Crippen LogP contribution is 2.43. The molecule has 3 saturated carbocycles. The number of rotatable bonds is 14. The largest absolute Gasteiger partial charge is 0.381 e. The molecule has 0 aromatic carbocycles. The highest BCUT2D eigenvalue weighted by molar-refractivity contribution is 5.98. The van der Waals surface area contributed by atoms with E-state index in [-0.39, 0.29) is 47.2 Å². The van der Waals surface area contributed by atoms with Gasteiger partial charge in [-0.3, -0.25) is 29.0 Å². The highest BCUT2D eigenvalue weighted by Gasteiger charge is 2.51. The molecule has 5 amide bonds. The third-order valence-electron chi connectivity index (χ3n) is 10.7. The van der Waals surface area contributed by atoms with E-state index >= 15 is 0 Å². The van der Waals surface area contributed by atoms with Crippen molar-refractivity contribution in [2.24, 2.45) is 23.7 Å². The number of likely N-dealkylation sites (tertiary alicyclic amines) is 1. The Morgan fingerprint density at radius 2 is 1.67 bits per heavy atom. The Kier molecular flexibility index (Phi) is 12.0. The molecule has 2 unspecified atom stereocenters. The molecule has 264 valence electrons. The normalized spacial score (nSPS) is 25.0. The van der Waals surface area contributed by atoms with Crippen LogP contribution in [0.1, 0.15) is 108 Å². The van der Waals surface area contributed by atoms with Gasteiger partial charge in [-0.15, -0.1) is 0 Å². The van der Waals surface area contributed by atoms with E-state index in [9.17, 15) is 29.1 Å². The van der Waals surface area contributed by atoms with Crippen LogP contribution in [0.25, 0.3) is 0 Å². The second-order valence-electron chi connectivity index (χ2n) is 14.6. The Balaban J connectivity index is 1.32. The summed E-state index contributed by atoms with van der Waals surface area (Å²) < 4.78 is 0. The van der Waals surface area contributed by atoms with Crippen LogP contribution in [0.3, 0.4) is 0 Å². The standard InChI is InChI=1S/C35H53N7O6/c1-4-9-25(30(43)34(47)38-23-14-15-23)39-33(46)29-24-13-8-12-22(24)19-42(29)35(48)27(20(2)3)40-32(45)28(21-10-6-5-7-11-21)41-31(44)26-18-36-16-17-37-26/h16-18,20-25,27-30,43H,4-15,19H2,1-3H3,(H,38,47)(H,39,46)(H,40,45)(H,41,44)/t22-,24-,25?,27-,28-,29-,30?/m0/s1. The van der Waals surface area contributed by atoms with Crippen LogP contribution in [0.2, 0.25) is 0 Å². The molecule has 2 heterocycles. The predicted molar refractivity (Wildman–Crippen MR) is 177 cm³/mol. The maximum atomic E-state index is 14.4. The zero-order chi connectivity index (χ0) is 34.4. The Labute approximate surface area is 283 Å². The Morgan fingerprint density at radius 3 is 2.31 bits per heavy atom. The van der Waals surface area contributed by atoms with Crippen LogP contribution < -0.4 is 21.3 Å². The summed E-state index contributed by atoms with van der Waals surface area (Å²) in [5.74, 6) is -2.41. The van der Waals surface area contributed by atoms with Gasteiger partial charge in [0.15, 0.2) is 6.10 Å². The van der Waals surface area contributed by atoms with Crippen LogP contribution in [0, 0.1) is 23.7 Å². The lowest BCUT2D eigenvalue weighted by atomic mass is 9.83. The minimum absolute atomic E-state index is 0.0431. The summed E-state index contributed by atoms with van der Waals surface area (Å²) in [6.07, 6.45) is 12.9. The van der Waals surface area contributed by atoms with Gasteiger partial charge in [0.25, 0.3) is 11.8 Å². The van der Waals surface area contributed by atoms with Crippen LogP contribution >= 0.6 is 0 Å². The van der Waals surface area contributed by atoms with Gasteiger partial charge in [-0.25, -0.2) is 4.98 Å². The number of fused-ring (bicyclic) bond motifs is 1. The fraction of sp³-hybridized carbons (Fsp3) is 0.743. The van der Waals surface area contributed by atoms with E-state index in [1.54, 1.807) is 4.90 Å². The lowest BCUT2D eigenvalue weighted by Gasteiger charge is -2.35. The SMILES string of the molecule is CCCC(NC(=O)[C@@H]1[C@H]2CCC[C@H]2CN1C(=O)[C@@H](NC(=O)[C@@H](NC(=O)c1cnccn1)C1CCCCC1)C(C)C)C(O)C(=O)NC1CC1. The van der Waals surface area contributed by atoms with E-state index in [2.05, 4.69) is 31.2 Å². The molecule has 13 nitrogen and oxygen atoms in total. The summed E-state index contributed by atoms with van der Waals surface area (Å²) in [4.78, 5) is 78.0. The molecule has 0 bridgehead atoms. The number of hydrogen-bond donors (Lipinski definition) is 5. The van der Waals surface area contributed by atoms with E-state index in [4.69, 9.17) is 0 Å². The number of aliphatic hydroxyl groups excluding tert-OH is 1. The van der Waals surface area contributed by atoms with Gasteiger partial charge in [-0.2, -0.15) is 0 Å². The van der Waals surface area contributed by atoms with Crippen LogP contribution in [0.4, 0.5) is 0 Å². The van der Waals surface area contributed by atoms with E-state index in [1.165, 1.54) is 18.6 Å². The molecule has 1 saturated heterocycles. The highest BCUT2D eigenvalue weighted by atomic mass is 16.3. The van der Waals surface area contributed by atoms with E-state index < -0.39 is 48.0 Å². The average Bonchev–Trinajstić information content (AvgIpc) is 3.65. The van der Waals surface area contributed by atoms with Gasteiger partial charge >= 0.3 is 0 Å². The van der Waals surface area contributed by atoms with Crippen molar-refractivity contribution in [1.82, 2.24) is 36.1 Å². The molecule has 1 aliphatic heterocycles. The van der Waals surface area contributed by atoms with E-state index in [0.717, 1.165) is 64.2 Å². The number of carbonyl (C=O) groups excluding carboxylic acids is 5. The summed E-state index contributed by atoms with van der Waals surface area (Å²) >= 11 is 0. The smallest absolute Gasteiger partial charge is 0.272 e. The number of amides is 5. The summed E-state index contributed by atoms with van der Waals surface area (Å²) in [7, 11) is 0. The molecule has 1 aromatic rings. The van der Waals surface area contributed by atoms with Gasteiger partial charge in [0.1, 0.15) is 23.8 Å². The molecule has 0 spiro atoms. The lowest BCUT2D eigenvalue weighted by Crippen LogP contribution is -2.61. The van der Waals surface area contributed by atoms with Gasteiger partial charge in [0.05, 0.1) is 12.2 Å². The van der Waals surface area contributed by atoms with Crippen molar-refractivity contribution in [3.63, 3.8) is 0 Å². The van der Waals surface area contributed by atoms with Crippen molar-refractivity contribution in [1.29, 1.82) is 0 Å². The van der Waals surface area contributed by atoms with Crippen molar-refractivity contribution < 1.29 is 29.1 Å². The van der Waals surface area contributed by atoms with Gasteiger partial charge in [0, 0.05) is 25.0 Å². The molecular weight excluding hydrogens is 614 g/mol. The zero-order valence-corrected chi connectivity index (χ0v) is 28.5. The summed E-state index contributed by atoms with van der Waals surface area (Å²) in [5, 5.41) is 22.5. The van der Waals surface area contributed by atoms with Crippen LogP contribution in [-0.2, 0) is 19.2 Å². The lowest BCUT2D eigenvalue weighted by molar-refractivity contribution is -0.144. The van der Waals surface area contributed by atoms with Gasteiger partial charge in [-0.1, -0.05) is 52.9 Å². The minimum Gasteiger partial charge on any atom is -0.381 e. The van der Waals surface area contributed by atoms with Crippen molar-refractivity contribution in [2.45, 2.75) is 134 Å². The molecule has 7 atom stereocenters. The third kappa shape index (κ3) is 8.51. The first-order valence-electron chi connectivity index (χ1n) is 18.1. The monoisotopic (exact) mass is 667 g/mol. The third-order valence-corrected chi connectivity index (χ3v) is 10.7. The molecule has 13 heteroatoms. The van der Waals surface area contributed by atoms with Crippen LogP contribution in [0.15, 0.2) is 18.6 Å². The van der Waals surface area contributed by atoms with Gasteiger partial charge in [0.2, 0.25) is 17.7 Å². The van der Waals surface area contributed by atoms with Crippen LogP contribution in [0.5, 0.6) is 0 Å². The number of nitrogens with one attached hydrogen (secondary N) is 4. The first-order chi connectivity index (χ1) is 23.1. The van der Waals surface area contributed by atoms with Crippen molar-refractivity contribution >= 4 is 29.5 Å². The summed E-state index contributed by atoms with van der Waals surface area (Å²) in [5.41, 5.74) is 0.108. The van der Waals surface area contributed by atoms with Gasteiger partial charge < -0.3 is 31.3 Å². The quantitative estimate of drug-likeness (QED) is 0.199. The van der Waals surface area contributed by atoms with E-state index in [0.29, 0.717) is 19.4 Å². The summed E-state index contributed by atoms with van der Waals surface area (Å²) in [6.45, 7) is 6.04. The molecule has 0 radical (unpaired) electrons. The topological polar surface area (TPSA) is 183 Å². The van der Waals surface area contributed by atoms with Crippen molar-refractivity contribution in [3.05, 3.63) is 24.3 Å². The number of aromatic nitrogens is 2. The Hall–Kier alpha value is -3.61. The molecule has 1 aromatic heterocycles. The first-order valence-corrected chi connectivity index (χ1v) is 18.1. The molecule has 5 rings (SSSR count). The van der Waals surface area contributed by atoms with Crippen molar-refractivity contribution in [3.8, 4) is 0 Å². The molecule has 3 aliphatic carbocycles. The molecule has 4 fully saturated rings. The Morgan fingerprint density at radius 1 is 0.917 bits per heavy atom. The molecule has 4 aliphatic rings. The number of carbonyl (C=O) groups is 5. The van der Waals surface area contributed by atoms with Gasteiger partial charge in [-0.05, 0) is 68.6 Å². The Bertz CT molecular complexity index is 1300. The van der Waals surface area contributed by atoms with E-state index in [1.807, 2.05) is 20.8 Å². The second kappa shape index (κ2) is 16.2. The fourth-order valence-corrected chi connectivity index (χ4v) is 7.89. The maximum absolute atomic E-state index is 14.4. The summed E-state index contributed by atoms with van der Waals surface area (Å²) in [6, 6.07) is -3.26. The van der Waals surface area contributed by atoms with Crippen LogP contribution in [-0.4, -0.2) is 92.4 Å². The predicted octanol–water partition coefficient (Wildman–Crippen LogP) is 1.85. The number of hydrogen-bond acceptors (Lipinski definition) is 8. The molecule has 5 N–H and O–H groups in total. The molecular formula is C35H53N7O6. The number of aliphatic hydroxyl groups is 1. The number of nitrogens with zero attached hydrogens (tertiary/aromatic N) is 3. The molecule has 48 heavy (non-hydrogen) atoms. The zero-order valence-electron chi connectivity index (χ0n) is 28.5. The maximum Gasteiger partial charge on any atom is 0.272 e. The second-order valence-corrected chi connectivity index (χ2v) is 14.6. The van der Waals surface area contributed by atoms with Crippen molar-refractivity contribution in [2.75, 3.05) is 6.54 Å². The minimum atomic E-state index is -1.39. The first kappa shape index (κ1) is 35.7. The average molecular weight is 668 g/mol.